The smallest absolute Gasteiger partial charge is 0.137 e. The summed E-state index contributed by atoms with van der Waals surface area (Å²) in [5.74, 6) is 1.42. The highest BCUT2D eigenvalue weighted by molar-refractivity contribution is 5.87. The molecule has 184 valence electrons. The van der Waals surface area contributed by atoms with E-state index in [1.807, 2.05) is 60.7 Å². The first-order chi connectivity index (χ1) is 17.5. The Morgan fingerprint density at radius 2 is 1.61 bits per heavy atom. The van der Waals surface area contributed by atoms with Gasteiger partial charge in [-0.15, -0.1) is 0 Å². The van der Waals surface area contributed by atoms with Gasteiger partial charge in [-0.1, -0.05) is 30.3 Å². The summed E-state index contributed by atoms with van der Waals surface area (Å²) in [7, 11) is 4.30. The lowest BCUT2D eigenvalue weighted by atomic mass is 9.97. The summed E-state index contributed by atoms with van der Waals surface area (Å²) in [6.45, 7) is 6.65. The number of para-hydroxylation sites is 1. The summed E-state index contributed by atoms with van der Waals surface area (Å²) in [5, 5.41) is 29.4. The minimum atomic E-state index is 0.0453. The third-order valence-corrected chi connectivity index (χ3v) is 6.58. The van der Waals surface area contributed by atoms with Crippen molar-refractivity contribution in [1.29, 1.82) is 10.5 Å². The lowest BCUT2D eigenvalue weighted by Crippen LogP contribution is -2.34. The van der Waals surface area contributed by atoms with Crippen molar-refractivity contribution in [3.8, 4) is 23.6 Å². The molecule has 7 nitrogen and oxygen atoms in total. The maximum absolute atomic E-state index is 10.6. The molecule has 0 saturated carbocycles. The molecule has 7 heteroatoms. The largest absolute Gasteiger partial charge is 0.508 e. The maximum Gasteiger partial charge on any atom is 0.137 e. The van der Waals surface area contributed by atoms with Gasteiger partial charge in [0.1, 0.15) is 35.0 Å². The molecule has 1 N–H and O–H groups in total. The highest BCUT2D eigenvalue weighted by Gasteiger charge is 2.19. The quantitative estimate of drug-likeness (QED) is 0.664. The highest BCUT2D eigenvalue weighted by atomic mass is 16.5. The number of phenols is 1. The van der Waals surface area contributed by atoms with E-state index in [4.69, 9.17) is 4.74 Å². The Morgan fingerprint density at radius 1 is 0.944 bits per heavy atom. The van der Waals surface area contributed by atoms with Crippen LogP contribution in [0.4, 0.5) is 0 Å². The van der Waals surface area contributed by atoms with E-state index in [-0.39, 0.29) is 11.3 Å². The Morgan fingerprint density at radius 3 is 2.31 bits per heavy atom. The predicted octanol–water partition coefficient (Wildman–Crippen LogP) is 3.86. The van der Waals surface area contributed by atoms with Gasteiger partial charge in [0, 0.05) is 62.5 Å². The molecule has 0 radical (unpaired) electrons. The van der Waals surface area contributed by atoms with Gasteiger partial charge in [-0.2, -0.15) is 10.5 Å². The van der Waals surface area contributed by atoms with Crippen molar-refractivity contribution >= 4 is 11.6 Å². The molecule has 2 aliphatic heterocycles. The number of hydrogen-bond donors (Lipinski definition) is 1. The van der Waals surface area contributed by atoms with Crippen LogP contribution in [-0.4, -0.2) is 73.2 Å². The molecule has 0 spiro atoms. The molecule has 2 heterocycles. The van der Waals surface area contributed by atoms with Crippen molar-refractivity contribution in [3.05, 3.63) is 82.6 Å². The fourth-order valence-corrected chi connectivity index (χ4v) is 4.30. The summed E-state index contributed by atoms with van der Waals surface area (Å²) < 4.78 is 6.01. The molecule has 1 saturated heterocycles. The molecular weight excluding hydrogens is 450 g/mol. The number of nitrogens with zero attached hydrogens (tertiary/aromatic N) is 5. The maximum atomic E-state index is 10.6. The average Bonchev–Trinajstić information content (AvgIpc) is 2.96. The van der Waals surface area contributed by atoms with Crippen molar-refractivity contribution < 1.29 is 9.84 Å². The van der Waals surface area contributed by atoms with Crippen LogP contribution in [0.3, 0.4) is 0 Å². The van der Waals surface area contributed by atoms with E-state index in [1.54, 1.807) is 12.1 Å². The van der Waals surface area contributed by atoms with E-state index in [2.05, 4.69) is 28.8 Å². The van der Waals surface area contributed by atoms with Crippen LogP contribution in [0.2, 0.25) is 0 Å². The van der Waals surface area contributed by atoms with Gasteiger partial charge in [-0.25, -0.2) is 0 Å². The van der Waals surface area contributed by atoms with Gasteiger partial charge in [-0.3, -0.25) is 4.90 Å². The fraction of sp³-hybridized carbons (Fsp3) is 0.310. The number of nitriles is 2. The Kier molecular flexibility index (Phi) is 8.20. The van der Waals surface area contributed by atoms with Crippen LogP contribution in [0.15, 0.2) is 65.9 Å². The molecule has 36 heavy (non-hydrogen) atoms. The molecule has 4 rings (SSSR count). The summed E-state index contributed by atoms with van der Waals surface area (Å²) in [4.78, 5) is 7.07. The van der Waals surface area contributed by atoms with E-state index in [0.717, 1.165) is 56.0 Å². The summed E-state index contributed by atoms with van der Waals surface area (Å²) in [5.41, 5.74) is 3.12. The summed E-state index contributed by atoms with van der Waals surface area (Å²) in [6, 6.07) is 16.9. The second-order valence-corrected chi connectivity index (χ2v) is 9.26. The minimum absolute atomic E-state index is 0.0453. The number of benzene rings is 2. The standard InChI is InChI=1S/C29H31N5O2/c1-32-11-12-33(2)14-16-34(15-13-32)21-23-17-22(8-10-28(23)35)7-9-25-18-27(24(19-30)20-31)26-5-3-4-6-29(26)36-25/h3-10,17-18,35H,11-16,21H2,1-2H3/b9-7+. The number of ether oxygens (including phenoxy) is 1. The van der Waals surface area contributed by atoms with Crippen molar-refractivity contribution in [3.63, 3.8) is 0 Å². The molecule has 0 aliphatic carbocycles. The molecular formula is C29H31N5O2. The van der Waals surface area contributed by atoms with E-state index in [1.165, 1.54) is 0 Å². The number of fused-ring (bicyclic) bond motifs is 1. The first-order valence-electron chi connectivity index (χ1n) is 12.1. The normalized spacial score (nSPS) is 17.7. The van der Waals surface area contributed by atoms with Crippen LogP contribution in [0.25, 0.3) is 11.6 Å². The lowest BCUT2D eigenvalue weighted by molar-refractivity contribution is 0.226. The van der Waals surface area contributed by atoms with E-state index >= 15 is 0 Å². The van der Waals surface area contributed by atoms with E-state index < -0.39 is 0 Å². The SMILES string of the molecule is CN1CCN(C)CCN(Cc2cc(/C=C/C3=CC(=C(C#N)C#N)c4ccccc4O3)ccc2O)CC1. The van der Waals surface area contributed by atoms with Crippen LogP contribution in [0, 0.1) is 22.7 Å². The van der Waals surface area contributed by atoms with Crippen LogP contribution in [0.1, 0.15) is 16.7 Å². The second kappa shape index (κ2) is 11.7. The number of aromatic hydroxyl groups is 1. The fourth-order valence-electron chi connectivity index (χ4n) is 4.30. The van der Waals surface area contributed by atoms with Crippen LogP contribution >= 0.6 is 0 Å². The molecule has 2 aliphatic rings. The zero-order chi connectivity index (χ0) is 25.5. The van der Waals surface area contributed by atoms with Gasteiger partial charge in [-0.05, 0) is 50.0 Å². The first kappa shape index (κ1) is 25.2. The zero-order valence-electron chi connectivity index (χ0n) is 20.8. The van der Waals surface area contributed by atoms with Crippen LogP contribution in [-0.2, 0) is 6.54 Å². The van der Waals surface area contributed by atoms with Crippen molar-refractivity contribution in [2.75, 3.05) is 53.4 Å². The molecule has 0 atom stereocenters. The van der Waals surface area contributed by atoms with Gasteiger partial charge >= 0.3 is 0 Å². The zero-order valence-corrected chi connectivity index (χ0v) is 20.8. The molecule has 2 aromatic rings. The van der Waals surface area contributed by atoms with Crippen molar-refractivity contribution in [2.45, 2.75) is 6.54 Å². The van der Waals surface area contributed by atoms with Gasteiger partial charge < -0.3 is 19.6 Å². The number of rotatable bonds is 4. The number of phenolic OH excluding ortho intramolecular Hbond substituents is 1. The number of likely N-dealkylation sites (N-methyl/N-ethyl adjacent to an activating group) is 2. The minimum Gasteiger partial charge on any atom is -0.508 e. The van der Waals surface area contributed by atoms with Crippen molar-refractivity contribution in [1.82, 2.24) is 14.7 Å². The third kappa shape index (κ3) is 6.21. The van der Waals surface area contributed by atoms with Crippen LogP contribution < -0.4 is 4.74 Å². The van der Waals surface area contributed by atoms with Gasteiger partial charge in [0.25, 0.3) is 0 Å². The first-order valence-corrected chi connectivity index (χ1v) is 12.1. The highest BCUT2D eigenvalue weighted by Crippen LogP contribution is 2.35. The molecule has 0 amide bonds. The van der Waals surface area contributed by atoms with E-state index in [9.17, 15) is 15.6 Å². The Labute approximate surface area is 213 Å². The van der Waals surface area contributed by atoms with Crippen LogP contribution in [0.5, 0.6) is 11.5 Å². The summed E-state index contributed by atoms with van der Waals surface area (Å²) in [6.07, 6.45) is 5.46. The molecule has 1 fully saturated rings. The van der Waals surface area contributed by atoms with Gasteiger partial charge in [0.2, 0.25) is 0 Å². The Bertz CT molecular complexity index is 1250. The van der Waals surface area contributed by atoms with Crippen molar-refractivity contribution in [2.24, 2.45) is 0 Å². The number of hydrogen-bond acceptors (Lipinski definition) is 7. The molecule has 0 bridgehead atoms. The number of allylic oxidation sites excluding steroid dienone is 4. The topological polar surface area (TPSA) is 86.8 Å². The molecule has 2 aromatic carbocycles. The monoisotopic (exact) mass is 481 g/mol. The third-order valence-electron chi connectivity index (χ3n) is 6.58. The second-order valence-electron chi connectivity index (χ2n) is 9.26. The predicted molar refractivity (Wildman–Crippen MR) is 141 cm³/mol. The molecule has 0 aromatic heterocycles. The Balaban J connectivity index is 1.55. The Hall–Kier alpha value is -3.88. The van der Waals surface area contributed by atoms with E-state index in [0.29, 0.717) is 23.6 Å². The summed E-state index contributed by atoms with van der Waals surface area (Å²) >= 11 is 0. The lowest BCUT2D eigenvalue weighted by Gasteiger charge is -2.24. The van der Waals surface area contributed by atoms with Gasteiger partial charge in [0.15, 0.2) is 0 Å². The van der Waals surface area contributed by atoms with Gasteiger partial charge in [0.05, 0.1) is 0 Å². The average molecular weight is 482 g/mol. The molecule has 0 unspecified atom stereocenters.